The Morgan fingerprint density at radius 3 is 2.73 bits per heavy atom. The second kappa shape index (κ2) is 6.10. The van der Waals surface area contributed by atoms with Gasteiger partial charge in [0, 0.05) is 11.5 Å². The van der Waals surface area contributed by atoms with Crippen molar-refractivity contribution in [2.75, 3.05) is 19.5 Å². The van der Waals surface area contributed by atoms with Gasteiger partial charge in [0.15, 0.2) is 11.5 Å². The van der Waals surface area contributed by atoms with Crippen molar-refractivity contribution < 1.29 is 14.3 Å². The molecule has 0 bridgehead atoms. The van der Waals surface area contributed by atoms with Crippen molar-refractivity contribution in [2.24, 2.45) is 0 Å². The number of amides is 1. The van der Waals surface area contributed by atoms with Gasteiger partial charge in [0.1, 0.15) is 5.01 Å². The summed E-state index contributed by atoms with van der Waals surface area (Å²) in [6.45, 7) is 0. The molecule has 1 amide bonds. The van der Waals surface area contributed by atoms with E-state index in [2.05, 4.69) is 15.5 Å². The zero-order valence-electron chi connectivity index (χ0n) is 12.1. The molecular formula is C14H14ClN3O3S. The summed E-state index contributed by atoms with van der Waals surface area (Å²) in [5.74, 6) is 0.990. The number of hydrogen-bond donors (Lipinski definition) is 1. The number of halogens is 1. The Kier molecular flexibility index (Phi) is 4.17. The van der Waals surface area contributed by atoms with E-state index in [1.807, 2.05) is 0 Å². The van der Waals surface area contributed by atoms with Gasteiger partial charge in [-0.15, -0.1) is 10.2 Å². The summed E-state index contributed by atoms with van der Waals surface area (Å²) in [5, 5.41) is 12.6. The number of carbonyl (C=O) groups excluding carboxylic acids is 1. The molecule has 0 unspecified atom stereocenters. The lowest BCUT2D eigenvalue weighted by Crippen LogP contribution is -2.12. The Morgan fingerprint density at radius 1 is 1.32 bits per heavy atom. The second-order valence-electron chi connectivity index (χ2n) is 4.87. The Hall–Kier alpha value is -1.86. The molecule has 1 aromatic carbocycles. The number of anilines is 1. The van der Waals surface area contributed by atoms with Gasteiger partial charge in [-0.2, -0.15) is 0 Å². The third-order valence-corrected chi connectivity index (χ3v) is 4.57. The highest BCUT2D eigenvalue weighted by molar-refractivity contribution is 7.15. The molecule has 0 saturated heterocycles. The van der Waals surface area contributed by atoms with Crippen LogP contribution < -0.4 is 14.8 Å². The van der Waals surface area contributed by atoms with E-state index in [0.29, 0.717) is 33.1 Å². The van der Waals surface area contributed by atoms with Crippen LogP contribution in [0, 0.1) is 0 Å². The summed E-state index contributed by atoms with van der Waals surface area (Å²) in [5.41, 5.74) is 0.367. The molecule has 0 atom stereocenters. The average molecular weight is 340 g/mol. The van der Waals surface area contributed by atoms with Crippen molar-refractivity contribution in [3.63, 3.8) is 0 Å². The molecule has 6 nitrogen and oxygen atoms in total. The maximum atomic E-state index is 12.3. The highest BCUT2D eigenvalue weighted by Gasteiger charge is 2.28. The molecular weight excluding hydrogens is 326 g/mol. The van der Waals surface area contributed by atoms with Gasteiger partial charge in [0.2, 0.25) is 5.13 Å². The van der Waals surface area contributed by atoms with E-state index in [0.717, 1.165) is 17.8 Å². The number of nitrogens with zero attached hydrogens (tertiary/aromatic N) is 2. The van der Waals surface area contributed by atoms with Gasteiger partial charge in [-0.1, -0.05) is 22.9 Å². The minimum atomic E-state index is -0.318. The van der Waals surface area contributed by atoms with Crippen LogP contribution in [0.1, 0.15) is 34.1 Å². The minimum Gasteiger partial charge on any atom is -0.493 e. The van der Waals surface area contributed by atoms with E-state index in [9.17, 15) is 4.79 Å². The highest BCUT2D eigenvalue weighted by Crippen LogP contribution is 2.42. The molecule has 0 radical (unpaired) electrons. The maximum Gasteiger partial charge on any atom is 0.257 e. The molecule has 1 saturated carbocycles. The second-order valence-corrected chi connectivity index (χ2v) is 6.28. The highest BCUT2D eigenvalue weighted by atomic mass is 35.5. The topological polar surface area (TPSA) is 73.3 Å². The first-order valence-electron chi connectivity index (χ1n) is 6.68. The number of benzene rings is 1. The average Bonchev–Trinajstić information content (AvgIpc) is 3.26. The van der Waals surface area contributed by atoms with Gasteiger partial charge in [-0.25, -0.2) is 0 Å². The smallest absolute Gasteiger partial charge is 0.257 e. The third-order valence-electron chi connectivity index (χ3n) is 3.28. The summed E-state index contributed by atoms with van der Waals surface area (Å²) in [6, 6.07) is 3.10. The van der Waals surface area contributed by atoms with E-state index in [-0.39, 0.29) is 5.91 Å². The molecule has 3 rings (SSSR count). The molecule has 1 heterocycles. The Bertz CT molecular complexity index is 715. The van der Waals surface area contributed by atoms with E-state index in [1.165, 1.54) is 31.6 Å². The molecule has 1 aliphatic rings. The van der Waals surface area contributed by atoms with Crippen molar-refractivity contribution in [3.8, 4) is 11.5 Å². The van der Waals surface area contributed by atoms with Crippen LogP contribution in [0.4, 0.5) is 5.13 Å². The first-order valence-corrected chi connectivity index (χ1v) is 7.88. The quantitative estimate of drug-likeness (QED) is 0.904. The van der Waals surface area contributed by atoms with Gasteiger partial charge >= 0.3 is 0 Å². The van der Waals surface area contributed by atoms with Crippen LogP contribution in [-0.2, 0) is 0 Å². The van der Waals surface area contributed by atoms with Crippen LogP contribution in [0.25, 0.3) is 0 Å². The summed E-state index contributed by atoms with van der Waals surface area (Å²) in [6.07, 6.45) is 2.29. The molecule has 116 valence electrons. The first-order chi connectivity index (χ1) is 10.6. The molecule has 1 aliphatic carbocycles. The lowest BCUT2D eigenvalue weighted by atomic mass is 10.2. The van der Waals surface area contributed by atoms with E-state index >= 15 is 0 Å². The number of rotatable bonds is 5. The minimum absolute atomic E-state index is 0.308. The Labute approximate surface area is 136 Å². The zero-order chi connectivity index (χ0) is 15.7. The predicted octanol–water partition coefficient (Wildman–Crippen LogP) is 3.34. The van der Waals surface area contributed by atoms with Gasteiger partial charge in [-0.05, 0) is 25.0 Å². The number of methoxy groups -OCH3 is 2. The van der Waals surface area contributed by atoms with Crippen molar-refractivity contribution >= 4 is 34.0 Å². The molecule has 1 N–H and O–H groups in total. The number of hydrogen-bond acceptors (Lipinski definition) is 6. The lowest BCUT2D eigenvalue weighted by molar-refractivity contribution is 0.102. The van der Waals surface area contributed by atoms with Crippen molar-refractivity contribution in [3.05, 3.63) is 27.7 Å². The van der Waals surface area contributed by atoms with Crippen molar-refractivity contribution in [1.29, 1.82) is 0 Å². The first kappa shape index (κ1) is 15.1. The molecule has 22 heavy (non-hydrogen) atoms. The van der Waals surface area contributed by atoms with E-state index < -0.39 is 0 Å². The van der Waals surface area contributed by atoms with Gasteiger partial charge in [0.25, 0.3) is 5.91 Å². The standard InChI is InChI=1S/C14H14ClN3O3S/c1-20-10-6-8(5-9(15)11(10)21-2)12(19)16-14-18-17-13(22-14)7-3-4-7/h5-7H,3-4H2,1-2H3,(H,16,18,19). The largest absolute Gasteiger partial charge is 0.493 e. The molecule has 2 aromatic rings. The fraction of sp³-hybridized carbons (Fsp3) is 0.357. The molecule has 1 aromatic heterocycles. The van der Waals surface area contributed by atoms with E-state index in [1.54, 1.807) is 6.07 Å². The van der Waals surface area contributed by atoms with Crippen LogP contribution in [-0.4, -0.2) is 30.3 Å². The molecule has 0 aliphatic heterocycles. The van der Waals surface area contributed by atoms with Crippen LogP contribution in [0.5, 0.6) is 11.5 Å². The predicted molar refractivity (Wildman–Crippen MR) is 84.4 cm³/mol. The third kappa shape index (κ3) is 3.00. The fourth-order valence-electron chi connectivity index (χ4n) is 2.00. The molecule has 8 heteroatoms. The number of carbonyl (C=O) groups is 1. The summed E-state index contributed by atoms with van der Waals surface area (Å²) in [4.78, 5) is 12.3. The van der Waals surface area contributed by atoms with Crippen LogP contribution >= 0.6 is 22.9 Å². The normalized spacial score (nSPS) is 13.8. The van der Waals surface area contributed by atoms with Crippen LogP contribution in [0.15, 0.2) is 12.1 Å². The molecule has 1 fully saturated rings. The maximum absolute atomic E-state index is 12.3. The Morgan fingerprint density at radius 2 is 2.09 bits per heavy atom. The van der Waals surface area contributed by atoms with E-state index in [4.69, 9.17) is 21.1 Å². The lowest BCUT2D eigenvalue weighted by Gasteiger charge is -2.11. The number of ether oxygens (including phenoxy) is 2. The van der Waals surface area contributed by atoms with Crippen LogP contribution in [0.3, 0.4) is 0 Å². The summed E-state index contributed by atoms with van der Waals surface area (Å²) in [7, 11) is 2.98. The number of nitrogens with one attached hydrogen (secondary N) is 1. The number of aromatic nitrogens is 2. The van der Waals surface area contributed by atoms with Gasteiger partial charge in [0.05, 0.1) is 19.2 Å². The van der Waals surface area contributed by atoms with Gasteiger partial charge in [-0.3, -0.25) is 10.1 Å². The fourth-order valence-corrected chi connectivity index (χ4v) is 3.19. The monoisotopic (exact) mass is 339 g/mol. The summed E-state index contributed by atoms with van der Waals surface area (Å²) >= 11 is 7.51. The zero-order valence-corrected chi connectivity index (χ0v) is 13.6. The molecule has 0 spiro atoms. The Balaban J connectivity index is 1.80. The van der Waals surface area contributed by atoms with Crippen molar-refractivity contribution in [1.82, 2.24) is 10.2 Å². The van der Waals surface area contributed by atoms with Crippen LogP contribution in [0.2, 0.25) is 5.02 Å². The van der Waals surface area contributed by atoms with Crippen molar-refractivity contribution in [2.45, 2.75) is 18.8 Å². The van der Waals surface area contributed by atoms with Gasteiger partial charge < -0.3 is 9.47 Å². The SMILES string of the molecule is COc1cc(C(=O)Nc2nnc(C3CC3)s2)cc(Cl)c1OC. The summed E-state index contributed by atoms with van der Waals surface area (Å²) < 4.78 is 10.3.